The van der Waals surface area contributed by atoms with Gasteiger partial charge >= 0.3 is 18.0 Å². The Kier molecular flexibility index (Phi) is 5.64. The average molecular weight is 355 g/mol. The summed E-state index contributed by atoms with van der Waals surface area (Å²) in [5, 5.41) is 0. The van der Waals surface area contributed by atoms with Gasteiger partial charge in [0.25, 0.3) is 0 Å². The lowest BCUT2D eigenvalue weighted by Gasteiger charge is -2.28. The monoisotopic (exact) mass is 355 g/mol. The van der Waals surface area contributed by atoms with Gasteiger partial charge in [0.2, 0.25) is 0 Å². The molecule has 2 aliphatic rings. The third-order valence-electron chi connectivity index (χ3n) is 4.78. The van der Waals surface area contributed by atoms with E-state index < -0.39 is 23.0 Å². The van der Waals surface area contributed by atoms with Gasteiger partial charge in [0.05, 0.1) is 13.2 Å². The van der Waals surface area contributed by atoms with Crippen molar-refractivity contribution in [2.24, 2.45) is 17.3 Å². The molecule has 0 bridgehead atoms. The number of nitrogens with zero attached hydrogens (tertiary/aromatic N) is 1. The van der Waals surface area contributed by atoms with Gasteiger partial charge in [-0.05, 0) is 59.3 Å². The Labute approximate surface area is 149 Å². The highest BCUT2D eigenvalue weighted by Crippen LogP contribution is 2.50. The number of likely N-dealkylation sites (tertiary alicyclic amines) is 1. The van der Waals surface area contributed by atoms with E-state index in [-0.39, 0.29) is 31.1 Å². The maximum absolute atomic E-state index is 12.5. The average Bonchev–Trinajstić information content (AvgIpc) is 3.02. The van der Waals surface area contributed by atoms with E-state index in [2.05, 4.69) is 0 Å². The highest BCUT2D eigenvalue weighted by molar-refractivity contribution is 6.00. The SMILES string of the molecule is CCOC(=O)C1(C(=O)OCC)CC2CN(C(=O)OC(C)(C)C)CC2C1. The molecule has 2 rings (SSSR count). The Bertz CT molecular complexity index is 504. The zero-order chi connectivity index (χ0) is 18.8. The van der Waals surface area contributed by atoms with Crippen LogP contribution in [0.2, 0.25) is 0 Å². The number of carbonyl (C=O) groups excluding carboxylic acids is 3. The van der Waals surface area contributed by atoms with Crippen molar-refractivity contribution in [3.8, 4) is 0 Å². The molecule has 0 aromatic heterocycles. The Hall–Kier alpha value is -1.79. The summed E-state index contributed by atoms with van der Waals surface area (Å²) in [5.41, 5.74) is -1.78. The third kappa shape index (κ3) is 4.07. The third-order valence-corrected chi connectivity index (χ3v) is 4.78. The van der Waals surface area contributed by atoms with Crippen molar-refractivity contribution in [1.82, 2.24) is 4.90 Å². The van der Waals surface area contributed by atoms with Crippen LogP contribution in [0.15, 0.2) is 0 Å². The largest absolute Gasteiger partial charge is 0.465 e. The summed E-state index contributed by atoms with van der Waals surface area (Å²) >= 11 is 0. The highest BCUT2D eigenvalue weighted by atomic mass is 16.6. The number of rotatable bonds is 4. The van der Waals surface area contributed by atoms with Crippen LogP contribution in [0.25, 0.3) is 0 Å². The van der Waals surface area contributed by atoms with Crippen LogP contribution in [0.4, 0.5) is 4.79 Å². The van der Waals surface area contributed by atoms with Crippen LogP contribution in [-0.4, -0.2) is 54.8 Å². The summed E-state index contributed by atoms with van der Waals surface area (Å²) in [6.07, 6.45) is 0.364. The molecule has 142 valence electrons. The van der Waals surface area contributed by atoms with Crippen LogP contribution in [-0.2, 0) is 23.8 Å². The van der Waals surface area contributed by atoms with E-state index in [0.29, 0.717) is 25.9 Å². The fourth-order valence-electron chi connectivity index (χ4n) is 3.81. The molecular weight excluding hydrogens is 326 g/mol. The Balaban J connectivity index is 2.09. The molecule has 2 unspecified atom stereocenters. The van der Waals surface area contributed by atoms with Crippen LogP contribution in [0, 0.1) is 17.3 Å². The van der Waals surface area contributed by atoms with Gasteiger partial charge in [-0.2, -0.15) is 0 Å². The second-order valence-corrected chi connectivity index (χ2v) is 7.84. The minimum atomic E-state index is -1.23. The molecule has 1 saturated heterocycles. The van der Waals surface area contributed by atoms with Gasteiger partial charge in [0.1, 0.15) is 5.60 Å². The van der Waals surface area contributed by atoms with E-state index in [4.69, 9.17) is 14.2 Å². The van der Waals surface area contributed by atoms with Gasteiger partial charge in [-0.1, -0.05) is 0 Å². The first-order chi connectivity index (χ1) is 11.6. The van der Waals surface area contributed by atoms with Crippen molar-refractivity contribution in [2.75, 3.05) is 26.3 Å². The second kappa shape index (κ2) is 7.22. The Morgan fingerprint density at radius 1 is 0.960 bits per heavy atom. The molecule has 7 heteroatoms. The van der Waals surface area contributed by atoms with Crippen LogP contribution >= 0.6 is 0 Å². The molecule has 2 atom stereocenters. The lowest BCUT2D eigenvalue weighted by molar-refractivity contribution is -0.172. The van der Waals surface area contributed by atoms with Gasteiger partial charge in [-0.15, -0.1) is 0 Å². The predicted molar refractivity (Wildman–Crippen MR) is 89.7 cm³/mol. The fraction of sp³-hybridized carbons (Fsp3) is 0.833. The van der Waals surface area contributed by atoms with Crippen molar-refractivity contribution in [2.45, 2.75) is 53.1 Å². The number of esters is 2. The van der Waals surface area contributed by atoms with Gasteiger partial charge in [0, 0.05) is 13.1 Å². The fourth-order valence-corrected chi connectivity index (χ4v) is 3.81. The van der Waals surface area contributed by atoms with Crippen LogP contribution < -0.4 is 0 Å². The molecular formula is C18H29NO6. The summed E-state index contributed by atoms with van der Waals surface area (Å²) in [7, 11) is 0. The quantitative estimate of drug-likeness (QED) is 0.437. The topological polar surface area (TPSA) is 82.1 Å². The zero-order valence-electron chi connectivity index (χ0n) is 15.8. The summed E-state index contributed by atoms with van der Waals surface area (Å²) in [6, 6.07) is 0. The molecule has 0 radical (unpaired) electrons. The normalized spacial score (nSPS) is 24.6. The van der Waals surface area contributed by atoms with Crippen molar-refractivity contribution in [1.29, 1.82) is 0 Å². The van der Waals surface area contributed by atoms with Crippen LogP contribution in [0.3, 0.4) is 0 Å². The first-order valence-corrected chi connectivity index (χ1v) is 8.95. The molecule has 1 amide bonds. The van der Waals surface area contributed by atoms with E-state index in [1.54, 1.807) is 18.7 Å². The van der Waals surface area contributed by atoms with E-state index >= 15 is 0 Å². The Morgan fingerprint density at radius 3 is 1.76 bits per heavy atom. The molecule has 1 aliphatic heterocycles. The first kappa shape index (κ1) is 19.5. The van der Waals surface area contributed by atoms with Crippen LogP contribution in [0.1, 0.15) is 47.5 Å². The summed E-state index contributed by atoms with van der Waals surface area (Å²) in [4.78, 5) is 38.9. The molecule has 25 heavy (non-hydrogen) atoms. The lowest BCUT2D eigenvalue weighted by atomic mass is 9.84. The van der Waals surface area contributed by atoms with E-state index in [1.165, 1.54) is 0 Å². The first-order valence-electron chi connectivity index (χ1n) is 8.95. The molecule has 0 N–H and O–H groups in total. The Morgan fingerprint density at radius 2 is 1.40 bits per heavy atom. The molecule has 7 nitrogen and oxygen atoms in total. The number of carbonyl (C=O) groups is 3. The molecule has 2 fully saturated rings. The highest BCUT2D eigenvalue weighted by Gasteiger charge is 2.60. The van der Waals surface area contributed by atoms with E-state index in [9.17, 15) is 14.4 Å². The molecule has 1 heterocycles. The number of fused-ring (bicyclic) bond motifs is 1. The smallest absolute Gasteiger partial charge is 0.410 e. The number of hydrogen-bond acceptors (Lipinski definition) is 6. The summed E-state index contributed by atoms with van der Waals surface area (Å²) in [6.45, 7) is 10.3. The van der Waals surface area contributed by atoms with Crippen molar-refractivity contribution < 1.29 is 28.6 Å². The zero-order valence-corrected chi connectivity index (χ0v) is 15.8. The van der Waals surface area contributed by atoms with Gasteiger partial charge in [0.15, 0.2) is 5.41 Å². The van der Waals surface area contributed by atoms with Crippen molar-refractivity contribution in [3.05, 3.63) is 0 Å². The van der Waals surface area contributed by atoms with Crippen molar-refractivity contribution >= 4 is 18.0 Å². The maximum Gasteiger partial charge on any atom is 0.410 e. The minimum Gasteiger partial charge on any atom is -0.465 e. The molecule has 0 aromatic carbocycles. The predicted octanol–water partition coefficient (Wildman–Crippen LogP) is 2.38. The minimum absolute atomic E-state index is 0.0707. The standard InChI is InChI=1S/C18H29NO6/c1-6-23-14(20)18(15(21)24-7-2)8-12-10-19(11-13(12)9-18)16(22)25-17(3,4)5/h12-13H,6-11H2,1-5H3. The molecule has 0 spiro atoms. The lowest BCUT2D eigenvalue weighted by Crippen LogP contribution is -2.42. The number of ether oxygens (including phenoxy) is 3. The van der Waals surface area contributed by atoms with Gasteiger partial charge in [-0.25, -0.2) is 4.79 Å². The van der Waals surface area contributed by atoms with Crippen LogP contribution in [0.5, 0.6) is 0 Å². The second-order valence-electron chi connectivity index (χ2n) is 7.84. The molecule has 1 aliphatic carbocycles. The van der Waals surface area contributed by atoms with Crippen molar-refractivity contribution in [3.63, 3.8) is 0 Å². The maximum atomic E-state index is 12.5. The van der Waals surface area contributed by atoms with Gasteiger partial charge in [-0.3, -0.25) is 9.59 Å². The number of amides is 1. The van der Waals surface area contributed by atoms with Gasteiger partial charge < -0.3 is 19.1 Å². The molecule has 1 saturated carbocycles. The van der Waals surface area contributed by atoms with E-state index in [1.807, 2.05) is 20.8 Å². The molecule has 0 aromatic rings. The summed E-state index contributed by atoms with van der Waals surface area (Å²) in [5.74, 6) is -0.874. The summed E-state index contributed by atoms with van der Waals surface area (Å²) < 4.78 is 15.7. The van der Waals surface area contributed by atoms with E-state index in [0.717, 1.165) is 0 Å². The number of hydrogen-bond donors (Lipinski definition) is 0.